The van der Waals surface area contributed by atoms with Gasteiger partial charge in [-0.1, -0.05) is 35.5 Å². The van der Waals surface area contributed by atoms with Crippen molar-refractivity contribution in [2.75, 3.05) is 33.3 Å². The van der Waals surface area contributed by atoms with Crippen molar-refractivity contribution >= 4 is 11.8 Å². The number of β-amino-alcohol motifs (C(OH)–C–C–N with tert-alkyl or cyclic N) is 1. The molecule has 1 aromatic heterocycles. The lowest BCUT2D eigenvalue weighted by Gasteiger charge is -2.21. The smallest absolute Gasteiger partial charge is 0.276 e. The highest BCUT2D eigenvalue weighted by Crippen LogP contribution is 2.18. The van der Waals surface area contributed by atoms with Crippen molar-refractivity contribution in [2.45, 2.75) is 26.1 Å². The first-order valence-corrected chi connectivity index (χ1v) is 9.22. The Morgan fingerprint density at radius 3 is 2.79 bits per heavy atom. The summed E-state index contributed by atoms with van der Waals surface area (Å²) in [7, 11) is 1.52. The molecule has 8 nitrogen and oxygen atoms in total. The van der Waals surface area contributed by atoms with Gasteiger partial charge >= 0.3 is 0 Å². The molecule has 0 bridgehead atoms. The molecule has 0 radical (unpaired) electrons. The Balaban J connectivity index is 1.70. The molecule has 1 fully saturated rings. The molecule has 8 heteroatoms. The highest BCUT2D eigenvalue weighted by atomic mass is 16.5. The summed E-state index contributed by atoms with van der Waals surface area (Å²) >= 11 is 0. The molecule has 1 aliphatic rings. The molecule has 2 amide bonds. The van der Waals surface area contributed by atoms with Gasteiger partial charge < -0.3 is 24.2 Å². The Hall–Kier alpha value is -2.71. The van der Waals surface area contributed by atoms with Crippen LogP contribution in [-0.4, -0.2) is 71.3 Å². The summed E-state index contributed by atoms with van der Waals surface area (Å²) in [5, 5.41) is 14.2. The molecular weight excluding hydrogens is 362 g/mol. The second-order valence-electron chi connectivity index (χ2n) is 6.91. The quantitative estimate of drug-likeness (QED) is 0.795. The van der Waals surface area contributed by atoms with E-state index < -0.39 is 12.0 Å². The minimum absolute atomic E-state index is 0.0603. The Morgan fingerprint density at radius 2 is 2.07 bits per heavy atom. The van der Waals surface area contributed by atoms with Gasteiger partial charge in [0.1, 0.15) is 12.3 Å². The van der Waals surface area contributed by atoms with Gasteiger partial charge in [0.2, 0.25) is 5.91 Å². The summed E-state index contributed by atoms with van der Waals surface area (Å²) in [5.41, 5.74) is 1.79. The highest BCUT2D eigenvalue weighted by Gasteiger charge is 2.32. The van der Waals surface area contributed by atoms with Gasteiger partial charge in [-0.3, -0.25) is 9.59 Å². The van der Waals surface area contributed by atoms with Crippen molar-refractivity contribution in [1.82, 2.24) is 15.0 Å². The Kier molecular flexibility index (Phi) is 6.43. The zero-order valence-corrected chi connectivity index (χ0v) is 16.1. The highest BCUT2D eigenvalue weighted by molar-refractivity contribution is 5.96. The fraction of sp³-hybridized carbons (Fsp3) is 0.450. The van der Waals surface area contributed by atoms with Gasteiger partial charge in [0.05, 0.1) is 18.3 Å². The van der Waals surface area contributed by atoms with Crippen LogP contribution in [0, 0.1) is 6.92 Å². The summed E-state index contributed by atoms with van der Waals surface area (Å²) in [6, 6.07) is 9.84. The summed E-state index contributed by atoms with van der Waals surface area (Å²) in [6.07, 6.45) is -0.140. The summed E-state index contributed by atoms with van der Waals surface area (Å²) in [6.45, 7) is 2.52. The van der Waals surface area contributed by atoms with Crippen molar-refractivity contribution in [1.29, 1.82) is 0 Å². The first kappa shape index (κ1) is 20.0. The number of ether oxygens (including phenoxy) is 1. The first-order chi connectivity index (χ1) is 13.5. The molecule has 150 valence electrons. The van der Waals surface area contributed by atoms with Crippen LogP contribution in [0.5, 0.6) is 0 Å². The van der Waals surface area contributed by atoms with E-state index in [0.717, 1.165) is 5.56 Å². The number of benzene rings is 1. The predicted octanol–water partition coefficient (Wildman–Crippen LogP) is 1.02. The molecule has 2 heterocycles. The van der Waals surface area contributed by atoms with Crippen molar-refractivity contribution in [3.63, 3.8) is 0 Å². The number of amides is 2. The third-order valence-electron chi connectivity index (χ3n) is 4.82. The topological polar surface area (TPSA) is 96.1 Å². The molecule has 0 aliphatic carbocycles. The second kappa shape index (κ2) is 8.99. The van der Waals surface area contributed by atoms with E-state index in [1.807, 2.05) is 30.3 Å². The van der Waals surface area contributed by atoms with Crippen LogP contribution in [0.3, 0.4) is 0 Å². The fourth-order valence-electron chi connectivity index (χ4n) is 3.30. The number of aromatic nitrogens is 1. The molecule has 1 aliphatic heterocycles. The fourth-order valence-corrected chi connectivity index (χ4v) is 3.30. The standard InChI is InChI=1S/C20H25N3O5/c1-14-17(13-27-2)19(21-28-14)20(26)23-11-16(24)10-22(18(25)12-23)9-8-15-6-4-3-5-7-15/h3-7,16,24H,8-13H2,1-2H3. The number of aliphatic hydroxyl groups excluding tert-OH is 1. The lowest BCUT2D eigenvalue weighted by atomic mass is 10.1. The molecule has 1 N–H and O–H groups in total. The SMILES string of the molecule is COCc1c(C(=O)N2CC(=O)N(CCc3ccccc3)CC(O)C2)noc1C. The van der Waals surface area contributed by atoms with Crippen LogP contribution >= 0.6 is 0 Å². The Labute approximate surface area is 163 Å². The number of rotatable bonds is 6. The monoisotopic (exact) mass is 387 g/mol. The van der Waals surface area contributed by atoms with Gasteiger partial charge in [0.25, 0.3) is 5.91 Å². The number of hydrogen-bond donors (Lipinski definition) is 1. The summed E-state index contributed by atoms with van der Waals surface area (Å²) < 4.78 is 10.2. The van der Waals surface area contributed by atoms with Crippen LogP contribution in [0.1, 0.15) is 27.4 Å². The van der Waals surface area contributed by atoms with E-state index in [-0.39, 0.29) is 37.8 Å². The third kappa shape index (κ3) is 4.58. The second-order valence-corrected chi connectivity index (χ2v) is 6.91. The number of carbonyl (C=O) groups is 2. The van der Waals surface area contributed by atoms with E-state index in [9.17, 15) is 14.7 Å². The number of hydrogen-bond acceptors (Lipinski definition) is 6. The van der Waals surface area contributed by atoms with Crippen molar-refractivity contribution in [3.05, 3.63) is 52.9 Å². The zero-order chi connectivity index (χ0) is 20.1. The van der Waals surface area contributed by atoms with E-state index in [1.54, 1.807) is 11.8 Å². The third-order valence-corrected chi connectivity index (χ3v) is 4.82. The molecule has 1 atom stereocenters. The maximum absolute atomic E-state index is 12.9. The lowest BCUT2D eigenvalue weighted by molar-refractivity contribution is -0.131. The Bertz CT molecular complexity index is 821. The molecule has 1 aromatic carbocycles. The molecule has 28 heavy (non-hydrogen) atoms. The van der Waals surface area contributed by atoms with E-state index in [4.69, 9.17) is 9.26 Å². The van der Waals surface area contributed by atoms with Crippen molar-refractivity contribution < 1.29 is 24.0 Å². The number of nitrogens with zero attached hydrogens (tertiary/aromatic N) is 3. The molecule has 0 spiro atoms. The van der Waals surface area contributed by atoms with E-state index in [0.29, 0.717) is 24.3 Å². The van der Waals surface area contributed by atoms with E-state index in [1.165, 1.54) is 12.0 Å². The summed E-state index contributed by atoms with van der Waals surface area (Å²) in [5.74, 6) is -0.146. The van der Waals surface area contributed by atoms with Gasteiger partial charge in [-0.05, 0) is 18.9 Å². The maximum Gasteiger partial charge on any atom is 0.276 e. The van der Waals surface area contributed by atoms with Crippen LogP contribution in [0.15, 0.2) is 34.9 Å². The first-order valence-electron chi connectivity index (χ1n) is 9.22. The molecule has 0 saturated carbocycles. The molecule has 1 saturated heterocycles. The van der Waals surface area contributed by atoms with Gasteiger partial charge in [0, 0.05) is 26.7 Å². The van der Waals surface area contributed by atoms with Crippen LogP contribution in [0.2, 0.25) is 0 Å². The van der Waals surface area contributed by atoms with Crippen molar-refractivity contribution in [3.8, 4) is 0 Å². The Morgan fingerprint density at radius 1 is 1.32 bits per heavy atom. The molecule has 1 unspecified atom stereocenters. The average molecular weight is 387 g/mol. The van der Waals surface area contributed by atoms with Crippen LogP contribution < -0.4 is 0 Å². The normalized spacial score (nSPS) is 17.7. The van der Waals surface area contributed by atoms with E-state index in [2.05, 4.69) is 5.16 Å². The minimum Gasteiger partial charge on any atom is -0.389 e. The lowest BCUT2D eigenvalue weighted by Crippen LogP contribution is -2.40. The number of aliphatic hydroxyl groups is 1. The predicted molar refractivity (Wildman–Crippen MR) is 101 cm³/mol. The molecule has 3 rings (SSSR count). The van der Waals surface area contributed by atoms with Crippen LogP contribution in [-0.2, 0) is 22.6 Å². The number of methoxy groups -OCH3 is 1. The largest absolute Gasteiger partial charge is 0.389 e. The van der Waals surface area contributed by atoms with Crippen LogP contribution in [0.4, 0.5) is 0 Å². The minimum atomic E-state index is -0.829. The number of carbonyl (C=O) groups excluding carboxylic acids is 2. The van der Waals surface area contributed by atoms with Crippen molar-refractivity contribution in [2.24, 2.45) is 0 Å². The van der Waals surface area contributed by atoms with Gasteiger partial charge in [-0.2, -0.15) is 0 Å². The number of aryl methyl sites for hydroxylation is 1. The van der Waals surface area contributed by atoms with E-state index >= 15 is 0 Å². The van der Waals surface area contributed by atoms with Gasteiger partial charge in [0.15, 0.2) is 5.69 Å². The molecular formula is C20H25N3O5. The zero-order valence-electron chi connectivity index (χ0n) is 16.1. The van der Waals surface area contributed by atoms with Gasteiger partial charge in [-0.25, -0.2) is 0 Å². The molecule has 2 aromatic rings. The summed E-state index contributed by atoms with van der Waals surface area (Å²) in [4.78, 5) is 28.5. The van der Waals surface area contributed by atoms with Crippen LogP contribution in [0.25, 0.3) is 0 Å². The van der Waals surface area contributed by atoms with Gasteiger partial charge in [-0.15, -0.1) is 0 Å². The maximum atomic E-state index is 12.9. The average Bonchev–Trinajstić information content (AvgIpc) is 2.97.